The number of anilines is 1. The Hall–Kier alpha value is -3.61. The molecule has 1 aliphatic heterocycles. The quantitative estimate of drug-likeness (QED) is 0.696. The normalized spacial score (nSPS) is 22.1. The van der Waals surface area contributed by atoms with Crippen molar-refractivity contribution >= 4 is 11.7 Å². The van der Waals surface area contributed by atoms with E-state index in [4.69, 9.17) is 9.47 Å². The van der Waals surface area contributed by atoms with Crippen molar-refractivity contribution in [2.24, 2.45) is 5.92 Å². The molecule has 1 aliphatic carbocycles. The number of hydrogen-bond donors (Lipinski definition) is 1. The maximum Gasteiger partial charge on any atom is 0.226 e. The molecule has 0 fully saturated rings. The Bertz CT molecular complexity index is 1180. The van der Waals surface area contributed by atoms with E-state index < -0.39 is 0 Å². The Morgan fingerprint density at radius 2 is 1.94 bits per heavy atom. The zero-order valence-corrected chi connectivity index (χ0v) is 17.7. The van der Waals surface area contributed by atoms with Crippen LogP contribution in [-0.2, 0) is 4.79 Å². The van der Waals surface area contributed by atoms with Crippen LogP contribution in [0.25, 0.3) is 0 Å². The summed E-state index contributed by atoms with van der Waals surface area (Å²) < 4.78 is 12.7. The van der Waals surface area contributed by atoms with Crippen molar-refractivity contribution in [1.29, 1.82) is 0 Å². The summed E-state index contributed by atoms with van der Waals surface area (Å²) in [5, 5.41) is 7.79. The van der Waals surface area contributed by atoms with Crippen LogP contribution in [0.3, 0.4) is 0 Å². The number of carbonyl (C=O) groups is 1. The summed E-state index contributed by atoms with van der Waals surface area (Å²) in [6.45, 7) is 2.07. The summed E-state index contributed by atoms with van der Waals surface area (Å²) >= 11 is 0. The van der Waals surface area contributed by atoms with Crippen LogP contribution in [0.5, 0.6) is 11.5 Å². The van der Waals surface area contributed by atoms with E-state index in [1.807, 2.05) is 35.0 Å². The highest BCUT2D eigenvalue weighted by Crippen LogP contribution is 2.46. The van der Waals surface area contributed by atoms with Gasteiger partial charge in [-0.25, -0.2) is 4.68 Å². The molecule has 0 spiro atoms. The fourth-order valence-corrected chi connectivity index (χ4v) is 4.73. The van der Waals surface area contributed by atoms with E-state index in [-0.39, 0.29) is 23.7 Å². The number of benzene rings is 2. The minimum Gasteiger partial charge on any atom is -0.497 e. The molecule has 158 valence electrons. The molecular weight excluding hydrogens is 392 g/mol. The van der Waals surface area contributed by atoms with Gasteiger partial charge in [0.2, 0.25) is 5.95 Å². The second-order valence-corrected chi connectivity index (χ2v) is 7.94. The number of Topliss-reactive ketones (excluding diaryl/α,β-unsaturated/α-hetero) is 1. The largest absolute Gasteiger partial charge is 0.497 e. The van der Waals surface area contributed by atoms with Crippen molar-refractivity contribution in [3.8, 4) is 11.5 Å². The zero-order valence-electron chi connectivity index (χ0n) is 17.7. The number of rotatable bonds is 4. The van der Waals surface area contributed by atoms with Crippen LogP contribution >= 0.6 is 0 Å². The van der Waals surface area contributed by atoms with E-state index in [1.165, 1.54) is 6.33 Å². The molecule has 31 heavy (non-hydrogen) atoms. The number of hydrogen-bond acceptors (Lipinski definition) is 6. The summed E-state index contributed by atoms with van der Waals surface area (Å²) in [4.78, 5) is 17.9. The number of fused-ring (bicyclic) bond motifs is 2. The predicted molar refractivity (Wildman–Crippen MR) is 116 cm³/mol. The van der Waals surface area contributed by atoms with E-state index in [9.17, 15) is 4.79 Å². The van der Waals surface area contributed by atoms with Gasteiger partial charge in [-0.05, 0) is 24.1 Å². The second-order valence-electron chi connectivity index (χ2n) is 7.94. The summed E-state index contributed by atoms with van der Waals surface area (Å²) in [6.07, 6.45) is 4.06. The summed E-state index contributed by atoms with van der Waals surface area (Å²) in [5.41, 5.74) is 4.04. The molecule has 0 unspecified atom stereocenters. The van der Waals surface area contributed by atoms with Crippen LogP contribution < -0.4 is 14.8 Å². The van der Waals surface area contributed by atoms with Gasteiger partial charge >= 0.3 is 0 Å². The minimum atomic E-state index is -0.337. The zero-order chi connectivity index (χ0) is 21.5. The number of ketones is 1. The van der Waals surface area contributed by atoms with Crippen molar-refractivity contribution in [2.75, 3.05) is 19.5 Å². The molecular formula is C24H24N4O3. The van der Waals surface area contributed by atoms with Gasteiger partial charge in [0.15, 0.2) is 0 Å². The predicted octanol–water partition coefficient (Wildman–Crippen LogP) is 3.88. The van der Waals surface area contributed by atoms with E-state index in [0.717, 1.165) is 28.1 Å². The standard InChI is InChI=1S/C24H24N4O3/c1-14-6-4-5-7-17(14)23-22-19(27-24-25-13-26-28(23)24)10-15(11-20(22)29)18-9-8-16(30-2)12-21(18)31-3/h4-10,12-13,15,22-23H,11H2,1-3H3,(H,25,26,27)/t15-,22-,23-/m0/s1. The molecule has 3 aromatic rings. The fourth-order valence-electron chi connectivity index (χ4n) is 4.73. The number of ether oxygens (including phenoxy) is 2. The smallest absolute Gasteiger partial charge is 0.226 e. The highest BCUT2D eigenvalue weighted by Gasteiger charge is 2.43. The number of aromatic nitrogens is 3. The summed E-state index contributed by atoms with van der Waals surface area (Å²) in [6, 6.07) is 13.6. The fraction of sp³-hybridized carbons (Fsp3) is 0.292. The number of nitrogens with zero attached hydrogens (tertiary/aromatic N) is 3. The van der Waals surface area contributed by atoms with E-state index >= 15 is 0 Å². The van der Waals surface area contributed by atoms with Gasteiger partial charge in [-0.2, -0.15) is 10.1 Å². The van der Waals surface area contributed by atoms with E-state index in [2.05, 4.69) is 40.5 Å². The molecule has 2 aromatic carbocycles. The van der Waals surface area contributed by atoms with Crippen molar-refractivity contribution < 1.29 is 14.3 Å². The van der Waals surface area contributed by atoms with Gasteiger partial charge in [0, 0.05) is 29.7 Å². The molecule has 1 aromatic heterocycles. The first-order chi connectivity index (χ1) is 15.1. The Morgan fingerprint density at radius 3 is 2.71 bits per heavy atom. The van der Waals surface area contributed by atoms with Crippen LogP contribution in [0, 0.1) is 12.8 Å². The molecule has 0 saturated carbocycles. The molecule has 0 amide bonds. The third-order valence-electron chi connectivity index (χ3n) is 6.24. The first-order valence-corrected chi connectivity index (χ1v) is 10.3. The average molecular weight is 416 g/mol. The van der Waals surface area contributed by atoms with Gasteiger partial charge in [-0.3, -0.25) is 4.79 Å². The lowest BCUT2D eigenvalue weighted by atomic mass is 9.75. The highest BCUT2D eigenvalue weighted by atomic mass is 16.5. The Morgan fingerprint density at radius 1 is 1.10 bits per heavy atom. The van der Waals surface area contributed by atoms with Crippen molar-refractivity contribution in [3.05, 3.63) is 77.3 Å². The van der Waals surface area contributed by atoms with Gasteiger partial charge in [0.1, 0.15) is 23.6 Å². The summed E-state index contributed by atoms with van der Waals surface area (Å²) in [5.74, 6) is 1.81. The van der Waals surface area contributed by atoms with Crippen molar-refractivity contribution in [2.45, 2.75) is 25.3 Å². The molecule has 0 radical (unpaired) electrons. The lowest BCUT2D eigenvalue weighted by Crippen LogP contribution is -2.40. The molecule has 2 heterocycles. The van der Waals surface area contributed by atoms with Gasteiger partial charge in [-0.1, -0.05) is 36.4 Å². The van der Waals surface area contributed by atoms with E-state index in [1.54, 1.807) is 14.2 Å². The minimum absolute atomic E-state index is 0.0981. The van der Waals surface area contributed by atoms with Crippen LogP contribution in [0.4, 0.5) is 5.95 Å². The van der Waals surface area contributed by atoms with E-state index in [0.29, 0.717) is 18.1 Å². The first kappa shape index (κ1) is 19.4. The number of allylic oxidation sites excluding steroid dienone is 2. The number of aryl methyl sites for hydroxylation is 1. The number of methoxy groups -OCH3 is 2. The van der Waals surface area contributed by atoms with Gasteiger partial charge < -0.3 is 14.8 Å². The van der Waals surface area contributed by atoms with Crippen LogP contribution in [0.1, 0.15) is 35.1 Å². The molecule has 0 saturated heterocycles. The van der Waals surface area contributed by atoms with Crippen LogP contribution in [0.2, 0.25) is 0 Å². The molecule has 3 atom stereocenters. The Balaban J connectivity index is 1.61. The summed E-state index contributed by atoms with van der Waals surface area (Å²) in [7, 11) is 3.26. The lowest BCUT2D eigenvalue weighted by molar-refractivity contribution is -0.123. The molecule has 0 bridgehead atoms. The molecule has 1 N–H and O–H groups in total. The Labute approximate surface area is 180 Å². The lowest BCUT2D eigenvalue weighted by Gasteiger charge is -2.38. The Kier molecular flexibility index (Phi) is 4.73. The molecule has 2 aliphatic rings. The maximum atomic E-state index is 13.6. The van der Waals surface area contributed by atoms with Crippen molar-refractivity contribution in [1.82, 2.24) is 14.8 Å². The maximum absolute atomic E-state index is 13.6. The first-order valence-electron chi connectivity index (χ1n) is 10.3. The monoisotopic (exact) mass is 416 g/mol. The topological polar surface area (TPSA) is 78.3 Å². The molecule has 5 rings (SSSR count). The number of carbonyl (C=O) groups excluding carboxylic acids is 1. The van der Waals surface area contributed by atoms with Gasteiger partial charge in [-0.15, -0.1) is 0 Å². The molecule has 7 nitrogen and oxygen atoms in total. The van der Waals surface area contributed by atoms with Crippen LogP contribution in [-0.4, -0.2) is 34.8 Å². The second kappa shape index (κ2) is 7.58. The average Bonchev–Trinajstić information content (AvgIpc) is 3.26. The van der Waals surface area contributed by atoms with Gasteiger partial charge in [0.05, 0.1) is 26.2 Å². The van der Waals surface area contributed by atoms with Gasteiger partial charge in [0.25, 0.3) is 0 Å². The number of nitrogens with one attached hydrogen (secondary N) is 1. The molecule has 7 heteroatoms. The third-order valence-corrected chi connectivity index (χ3v) is 6.24. The van der Waals surface area contributed by atoms with Crippen LogP contribution in [0.15, 0.2) is 60.6 Å². The highest BCUT2D eigenvalue weighted by molar-refractivity contribution is 5.89. The SMILES string of the molecule is COc1ccc([C@H]2C=C3Nc4ncnn4[C@@H](c4ccccc4C)[C@@H]3C(=O)C2)c(OC)c1. The van der Waals surface area contributed by atoms with Crippen molar-refractivity contribution in [3.63, 3.8) is 0 Å². The third kappa shape index (κ3) is 3.17.